The Labute approximate surface area is 215 Å². The topological polar surface area (TPSA) is 60.8 Å². The molecule has 0 aliphatic heterocycles. The highest BCUT2D eigenvalue weighted by Gasteiger charge is 2.14. The van der Waals surface area contributed by atoms with Crippen molar-refractivity contribution in [3.63, 3.8) is 0 Å². The minimum Gasteiger partial charge on any atom is -0.507 e. The second-order valence-corrected chi connectivity index (χ2v) is 9.24. The molecule has 0 aliphatic carbocycles. The molecule has 0 amide bonds. The fourth-order valence-electron chi connectivity index (χ4n) is 4.12. The molecule has 3 aromatic rings. The van der Waals surface area contributed by atoms with Gasteiger partial charge in [0, 0.05) is 36.0 Å². The lowest BCUT2D eigenvalue weighted by molar-refractivity contribution is 0.0693. The summed E-state index contributed by atoms with van der Waals surface area (Å²) in [5.74, 6) is 5.18. The van der Waals surface area contributed by atoms with E-state index in [1.54, 1.807) is 12.1 Å². The molecule has 3 rings (SSSR count). The van der Waals surface area contributed by atoms with Crippen LogP contribution in [0, 0.1) is 11.8 Å². The van der Waals surface area contributed by atoms with Crippen LogP contribution in [0.3, 0.4) is 0 Å². The Balaban J connectivity index is 1.69. The first-order chi connectivity index (χ1) is 17.5. The van der Waals surface area contributed by atoms with Gasteiger partial charge in [0.05, 0.1) is 0 Å². The van der Waals surface area contributed by atoms with Crippen molar-refractivity contribution in [2.45, 2.75) is 65.3 Å². The Hall–Kier alpha value is -3.71. The highest BCUT2D eigenvalue weighted by atomic mass is 16.4. The second-order valence-electron chi connectivity index (χ2n) is 9.24. The van der Waals surface area contributed by atoms with Gasteiger partial charge in [-0.1, -0.05) is 75.6 Å². The van der Waals surface area contributed by atoms with Crippen LogP contribution in [-0.4, -0.2) is 22.7 Å². The Morgan fingerprint density at radius 1 is 0.778 bits per heavy atom. The van der Waals surface area contributed by atoms with Crippen molar-refractivity contribution in [3.05, 3.63) is 94.5 Å². The summed E-state index contributed by atoms with van der Waals surface area (Å²) in [6.45, 7) is 5.90. The minimum atomic E-state index is -1.13. The summed E-state index contributed by atoms with van der Waals surface area (Å²) in [6, 6.07) is 21.6. The van der Waals surface area contributed by atoms with Gasteiger partial charge in [-0.3, -0.25) is 0 Å². The molecule has 0 unspecified atom stereocenters. The number of carboxylic acids is 1. The number of aromatic hydroxyl groups is 1. The average Bonchev–Trinajstić information content (AvgIpc) is 2.89. The maximum atomic E-state index is 11.3. The third-order valence-corrected chi connectivity index (χ3v) is 6.31. The van der Waals surface area contributed by atoms with Crippen LogP contribution in [0.1, 0.15) is 85.0 Å². The molecule has 0 bridgehead atoms. The van der Waals surface area contributed by atoms with Gasteiger partial charge in [0.15, 0.2) is 0 Å². The van der Waals surface area contributed by atoms with Crippen LogP contribution >= 0.6 is 0 Å². The molecule has 0 fully saturated rings. The number of anilines is 1. The van der Waals surface area contributed by atoms with Crippen molar-refractivity contribution >= 4 is 11.7 Å². The van der Waals surface area contributed by atoms with Crippen molar-refractivity contribution in [1.82, 2.24) is 0 Å². The number of carboxylic acid groups (broad SMARTS) is 1. The van der Waals surface area contributed by atoms with E-state index in [2.05, 4.69) is 67.0 Å². The molecule has 0 saturated heterocycles. The Morgan fingerprint density at radius 2 is 1.39 bits per heavy atom. The number of unbranched alkanes of at least 4 members (excludes halogenated alkanes) is 4. The van der Waals surface area contributed by atoms with Crippen LogP contribution in [0.2, 0.25) is 0 Å². The molecule has 188 valence electrons. The summed E-state index contributed by atoms with van der Waals surface area (Å²) in [4.78, 5) is 13.5. The maximum Gasteiger partial charge on any atom is 0.339 e. The summed E-state index contributed by atoms with van der Waals surface area (Å²) in [5, 5.41) is 19.4. The highest BCUT2D eigenvalue weighted by Crippen LogP contribution is 2.26. The summed E-state index contributed by atoms with van der Waals surface area (Å²) in [5.41, 5.74) is 5.22. The fraction of sp³-hybridized carbons (Fsp3) is 0.344. The van der Waals surface area contributed by atoms with E-state index in [0.717, 1.165) is 48.2 Å². The van der Waals surface area contributed by atoms with Gasteiger partial charge in [-0.2, -0.15) is 0 Å². The summed E-state index contributed by atoms with van der Waals surface area (Å²) < 4.78 is 0. The Morgan fingerprint density at radius 3 is 1.94 bits per heavy atom. The average molecular weight is 484 g/mol. The third kappa shape index (κ3) is 8.20. The van der Waals surface area contributed by atoms with E-state index < -0.39 is 5.97 Å². The Kier molecular flexibility index (Phi) is 10.5. The molecule has 4 heteroatoms. The lowest BCUT2D eigenvalue weighted by atomic mass is 10.1. The second kappa shape index (κ2) is 14.0. The lowest BCUT2D eigenvalue weighted by Crippen LogP contribution is -2.24. The zero-order valence-corrected chi connectivity index (χ0v) is 21.5. The molecule has 3 aromatic carbocycles. The quantitative estimate of drug-likeness (QED) is 0.208. The summed E-state index contributed by atoms with van der Waals surface area (Å²) in [6.07, 6.45) is 8.06. The van der Waals surface area contributed by atoms with Crippen molar-refractivity contribution in [1.29, 1.82) is 0 Å². The first-order valence-electron chi connectivity index (χ1n) is 13.0. The first kappa shape index (κ1) is 26.9. The van der Waals surface area contributed by atoms with E-state index in [9.17, 15) is 15.0 Å². The van der Waals surface area contributed by atoms with E-state index in [1.165, 1.54) is 37.3 Å². The van der Waals surface area contributed by atoms with Crippen LogP contribution in [0.4, 0.5) is 5.69 Å². The van der Waals surface area contributed by atoms with Gasteiger partial charge in [-0.25, -0.2) is 4.79 Å². The number of phenols is 1. The molecule has 4 nitrogen and oxygen atoms in total. The number of aryl methyl sites for hydroxylation is 1. The van der Waals surface area contributed by atoms with Gasteiger partial charge in [0.25, 0.3) is 0 Å². The standard InChI is InChI=1S/C32H37NO3/c1-3-5-7-8-22-33(29-20-21-30(32(35)36)31(34)23-29)24-28-18-16-27(17-19-28)15-14-26-12-10-25(11-13-26)9-6-4-2/h10-13,16-21,23,34H,3-9,22,24H2,1-2H3,(H,35,36). The highest BCUT2D eigenvalue weighted by molar-refractivity contribution is 5.91. The number of hydrogen-bond donors (Lipinski definition) is 2. The number of rotatable bonds is 12. The molecule has 0 radical (unpaired) electrons. The van der Waals surface area contributed by atoms with Gasteiger partial charge in [-0.15, -0.1) is 0 Å². The molecular formula is C32H37NO3. The molecule has 0 saturated carbocycles. The van der Waals surface area contributed by atoms with E-state index >= 15 is 0 Å². The number of nitrogens with zero attached hydrogens (tertiary/aromatic N) is 1. The van der Waals surface area contributed by atoms with Crippen LogP contribution in [0.25, 0.3) is 0 Å². The molecule has 0 heterocycles. The van der Waals surface area contributed by atoms with Gasteiger partial charge < -0.3 is 15.1 Å². The van der Waals surface area contributed by atoms with Crippen molar-refractivity contribution < 1.29 is 15.0 Å². The van der Waals surface area contributed by atoms with Crippen LogP contribution in [0.15, 0.2) is 66.7 Å². The van der Waals surface area contributed by atoms with E-state index in [4.69, 9.17) is 0 Å². The van der Waals surface area contributed by atoms with Gasteiger partial charge >= 0.3 is 5.97 Å². The monoisotopic (exact) mass is 483 g/mol. The number of benzene rings is 3. The number of aromatic carboxylic acids is 1. The third-order valence-electron chi connectivity index (χ3n) is 6.31. The number of hydrogen-bond acceptors (Lipinski definition) is 3. The molecular weight excluding hydrogens is 446 g/mol. The molecule has 0 atom stereocenters. The van der Waals surface area contributed by atoms with E-state index in [1.807, 2.05) is 12.1 Å². The van der Waals surface area contributed by atoms with Gasteiger partial charge in [-0.05, 0) is 66.8 Å². The van der Waals surface area contributed by atoms with Crippen LogP contribution < -0.4 is 4.90 Å². The molecule has 0 aliphatic rings. The van der Waals surface area contributed by atoms with E-state index in [-0.39, 0.29) is 11.3 Å². The molecule has 0 aromatic heterocycles. The zero-order chi connectivity index (χ0) is 25.8. The van der Waals surface area contributed by atoms with Crippen molar-refractivity contribution in [3.8, 4) is 17.6 Å². The fourth-order valence-corrected chi connectivity index (χ4v) is 4.12. The van der Waals surface area contributed by atoms with Crippen LogP contribution in [0.5, 0.6) is 5.75 Å². The Bertz CT molecular complexity index is 1170. The maximum absolute atomic E-state index is 11.3. The SMILES string of the molecule is CCCCCCN(Cc1ccc(C#Cc2ccc(CCCC)cc2)cc1)c1ccc(C(=O)O)c(O)c1. The lowest BCUT2D eigenvalue weighted by Gasteiger charge is -2.25. The van der Waals surface area contributed by atoms with E-state index in [0.29, 0.717) is 6.54 Å². The summed E-state index contributed by atoms with van der Waals surface area (Å²) >= 11 is 0. The smallest absolute Gasteiger partial charge is 0.339 e. The molecule has 36 heavy (non-hydrogen) atoms. The molecule has 2 N–H and O–H groups in total. The van der Waals surface area contributed by atoms with Crippen molar-refractivity contribution in [2.24, 2.45) is 0 Å². The number of carbonyl (C=O) groups is 1. The predicted molar refractivity (Wildman–Crippen MR) is 148 cm³/mol. The summed E-state index contributed by atoms with van der Waals surface area (Å²) in [7, 11) is 0. The predicted octanol–water partition coefficient (Wildman–Crippen LogP) is 7.42. The van der Waals surface area contributed by atoms with Gasteiger partial charge in [0.1, 0.15) is 11.3 Å². The van der Waals surface area contributed by atoms with Crippen LogP contribution in [-0.2, 0) is 13.0 Å². The minimum absolute atomic E-state index is 0.0804. The largest absolute Gasteiger partial charge is 0.507 e. The first-order valence-corrected chi connectivity index (χ1v) is 13.0. The molecule has 0 spiro atoms. The normalized spacial score (nSPS) is 10.5. The van der Waals surface area contributed by atoms with Crippen molar-refractivity contribution in [2.75, 3.05) is 11.4 Å². The van der Waals surface area contributed by atoms with Gasteiger partial charge in [0.2, 0.25) is 0 Å². The zero-order valence-electron chi connectivity index (χ0n) is 21.5.